The third-order valence-electron chi connectivity index (χ3n) is 2.55. The van der Waals surface area contributed by atoms with Crippen LogP contribution in [0.5, 0.6) is 0 Å². The number of hydrogen-bond acceptors (Lipinski definition) is 3. The number of rotatable bonds is 4. The smallest absolute Gasteiger partial charge is 0.230 e. The maximum atomic E-state index is 12.1. The summed E-state index contributed by atoms with van der Waals surface area (Å²) >= 11 is 9.17. The fourth-order valence-corrected chi connectivity index (χ4v) is 2.15. The molecule has 0 aliphatic heterocycles. The second kappa shape index (κ2) is 5.67. The van der Waals surface area contributed by atoms with E-state index in [9.17, 15) is 9.59 Å². The normalized spacial score (nSPS) is 14.8. The second-order valence-electron chi connectivity index (χ2n) is 3.74. The summed E-state index contributed by atoms with van der Waals surface area (Å²) in [5.41, 5.74) is 0.682. The van der Waals surface area contributed by atoms with Gasteiger partial charge >= 0.3 is 0 Å². The van der Waals surface area contributed by atoms with Crippen molar-refractivity contribution in [3.8, 4) is 0 Å². The Bertz CT molecular complexity index is 537. The molecule has 0 atom stereocenters. The summed E-state index contributed by atoms with van der Waals surface area (Å²) in [6.45, 7) is 0.345. The molecule has 0 spiro atoms. The van der Waals surface area contributed by atoms with Crippen LogP contribution in [0.1, 0.15) is 27.1 Å². The van der Waals surface area contributed by atoms with Crippen LogP contribution in [0.15, 0.2) is 35.1 Å². The van der Waals surface area contributed by atoms with E-state index in [4.69, 9.17) is 16.3 Å². The number of fused-ring (bicyclic) bond motifs is 1. The van der Waals surface area contributed by atoms with E-state index in [0.29, 0.717) is 17.7 Å². The Hall–Kier alpha value is -1.13. The molecular formula is C13H10BrClO3. The minimum absolute atomic E-state index is 0.0404. The fourth-order valence-electron chi connectivity index (χ4n) is 1.68. The lowest BCUT2D eigenvalue weighted by Crippen LogP contribution is -2.21. The quantitative estimate of drug-likeness (QED) is 0.629. The van der Waals surface area contributed by atoms with Gasteiger partial charge in [0.05, 0.1) is 6.61 Å². The molecule has 2 rings (SSSR count). The lowest BCUT2D eigenvalue weighted by Gasteiger charge is -2.17. The number of carbonyl (C=O) groups is 2. The van der Waals surface area contributed by atoms with Crippen LogP contribution in [-0.2, 0) is 4.74 Å². The molecule has 0 amide bonds. The first-order chi connectivity index (χ1) is 8.66. The molecule has 1 aliphatic rings. The number of alkyl halides is 1. The molecule has 0 unspecified atom stereocenters. The van der Waals surface area contributed by atoms with E-state index in [1.54, 1.807) is 24.3 Å². The molecule has 0 saturated heterocycles. The molecule has 5 heteroatoms. The SMILES string of the molecule is O=C1C(Cl)=C(OCCCBr)C(=O)c2ccccc21. The highest BCUT2D eigenvalue weighted by Gasteiger charge is 2.32. The Labute approximate surface area is 118 Å². The van der Waals surface area contributed by atoms with Gasteiger partial charge in [0.2, 0.25) is 11.6 Å². The first-order valence-electron chi connectivity index (χ1n) is 5.43. The zero-order valence-corrected chi connectivity index (χ0v) is 11.8. The molecule has 0 N–H and O–H groups in total. The Morgan fingerprint density at radius 3 is 2.33 bits per heavy atom. The molecule has 18 heavy (non-hydrogen) atoms. The van der Waals surface area contributed by atoms with Crippen molar-refractivity contribution in [1.29, 1.82) is 0 Å². The van der Waals surface area contributed by atoms with E-state index in [0.717, 1.165) is 11.8 Å². The first kappa shape index (κ1) is 13.3. The third-order valence-corrected chi connectivity index (χ3v) is 3.45. The molecule has 3 nitrogen and oxygen atoms in total. The number of Topliss-reactive ketones (excluding diaryl/α,β-unsaturated/α-hetero) is 2. The average molecular weight is 330 g/mol. The topological polar surface area (TPSA) is 43.4 Å². The van der Waals surface area contributed by atoms with Crippen molar-refractivity contribution < 1.29 is 14.3 Å². The zero-order valence-electron chi connectivity index (χ0n) is 9.41. The van der Waals surface area contributed by atoms with Crippen LogP contribution < -0.4 is 0 Å². The van der Waals surface area contributed by atoms with E-state index in [2.05, 4.69) is 15.9 Å². The van der Waals surface area contributed by atoms with Crippen molar-refractivity contribution in [1.82, 2.24) is 0 Å². The number of carbonyl (C=O) groups excluding carboxylic acids is 2. The summed E-state index contributed by atoms with van der Waals surface area (Å²) in [4.78, 5) is 24.1. The van der Waals surface area contributed by atoms with E-state index in [1.165, 1.54) is 0 Å². The minimum Gasteiger partial charge on any atom is -0.488 e. The van der Waals surface area contributed by atoms with E-state index in [1.807, 2.05) is 0 Å². The van der Waals surface area contributed by atoms with Gasteiger partial charge in [-0.15, -0.1) is 0 Å². The fraction of sp³-hybridized carbons (Fsp3) is 0.231. The minimum atomic E-state index is -0.360. The number of halogens is 2. The van der Waals surface area contributed by atoms with Crippen LogP contribution in [0, 0.1) is 0 Å². The van der Waals surface area contributed by atoms with Crippen LogP contribution in [-0.4, -0.2) is 23.5 Å². The van der Waals surface area contributed by atoms with Gasteiger partial charge < -0.3 is 4.74 Å². The number of ether oxygens (including phenoxy) is 1. The molecule has 0 heterocycles. The summed E-state index contributed by atoms with van der Waals surface area (Å²) < 4.78 is 5.32. The Balaban J connectivity index is 2.34. The highest BCUT2D eigenvalue weighted by molar-refractivity contribution is 9.09. The maximum Gasteiger partial charge on any atom is 0.230 e. The summed E-state index contributed by atoms with van der Waals surface area (Å²) in [5, 5.41) is 0.629. The van der Waals surface area contributed by atoms with Crippen LogP contribution in [0.3, 0.4) is 0 Å². The molecule has 94 valence electrons. The molecule has 0 fully saturated rings. The van der Waals surface area contributed by atoms with E-state index >= 15 is 0 Å². The molecule has 0 aromatic heterocycles. The van der Waals surface area contributed by atoms with Crippen molar-refractivity contribution >= 4 is 39.1 Å². The van der Waals surface area contributed by atoms with E-state index in [-0.39, 0.29) is 22.4 Å². The van der Waals surface area contributed by atoms with Crippen molar-refractivity contribution in [2.24, 2.45) is 0 Å². The third kappa shape index (κ3) is 2.35. The predicted octanol–water partition coefficient (Wildman–Crippen LogP) is 3.32. The summed E-state index contributed by atoms with van der Waals surface area (Å²) in [5.74, 6) is -0.730. The van der Waals surface area contributed by atoms with Gasteiger partial charge in [0, 0.05) is 16.5 Å². The molecule has 1 aromatic carbocycles. The Morgan fingerprint density at radius 2 is 1.72 bits per heavy atom. The molecule has 1 aromatic rings. The maximum absolute atomic E-state index is 12.1. The van der Waals surface area contributed by atoms with Crippen LogP contribution in [0.25, 0.3) is 0 Å². The molecule has 0 bridgehead atoms. The largest absolute Gasteiger partial charge is 0.488 e. The number of hydrogen-bond donors (Lipinski definition) is 0. The highest BCUT2D eigenvalue weighted by Crippen LogP contribution is 2.29. The number of benzene rings is 1. The van der Waals surface area contributed by atoms with Gasteiger partial charge in [-0.3, -0.25) is 9.59 Å². The average Bonchev–Trinajstić information content (AvgIpc) is 2.40. The molecule has 0 radical (unpaired) electrons. The standard InChI is InChI=1S/C13H10BrClO3/c14-6-3-7-18-13-10(15)11(16)8-4-1-2-5-9(8)12(13)17/h1-2,4-5H,3,6-7H2. The molecule has 0 saturated carbocycles. The van der Waals surface area contributed by atoms with Gasteiger partial charge in [-0.1, -0.05) is 51.8 Å². The highest BCUT2D eigenvalue weighted by atomic mass is 79.9. The van der Waals surface area contributed by atoms with Crippen LogP contribution in [0.4, 0.5) is 0 Å². The predicted molar refractivity (Wildman–Crippen MR) is 72.3 cm³/mol. The van der Waals surface area contributed by atoms with Crippen molar-refractivity contribution in [3.05, 3.63) is 46.2 Å². The van der Waals surface area contributed by atoms with Gasteiger partial charge in [-0.05, 0) is 6.42 Å². The van der Waals surface area contributed by atoms with Gasteiger partial charge in [0.25, 0.3) is 0 Å². The first-order valence-corrected chi connectivity index (χ1v) is 6.93. The Morgan fingerprint density at radius 1 is 1.11 bits per heavy atom. The van der Waals surface area contributed by atoms with Gasteiger partial charge in [-0.2, -0.15) is 0 Å². The van der Waals surface area contributed by atoms with Crippen molar-refractivity contribution in [3.63, 3.8) is 0 Å². The van der Waals surface area contributed by atoms with E-state index < -0.39 is 0 Å². The summed E-state index contributed by atoms with van der Waals surface area (Å²) in [6, 6.07) is 6.60. The van der Waals surface area contributed by atoms with Gasteiger partial charge in [-0.25, -0.2) is 0 Å². The number of ketones is 2. The molecular weight excluding hydrogens is 319 g/mol. The lowest BCUT2D eigenvalue weighted by molar-refractivity contribution is 0.0879. The van der Waals surface area contributed by atoms with Gasteiger partial charge in [0.1, 0.15) is 5.03 Å². The van der Waals surface area contributed by atoms with Crippen LogP contribution in [0.2, 0.25) is 0 Å². The van der Waals surface area contributed by atoms with Crippen LogP contribution >= 0.6 is 27.5 Å². The van der Waals surface area contributed by atoms with Gasteiger partial charge in [0.15, 0.2) is 5.76 Å². The summed E-state index contributed by atoms with van der Waals surface area (Å²) in [6.07, 6.45) is 0.733. The monoisotopic (exact) mass is 328 g/mol. The van der Waals surface area contributed by atoms with Crippen molar-refractivity contribution in [2.75, 3.05) is 11.9 Å². The second-order valence-corrected chi connectivity index (χ2v) is 4.91. The zero-order chi connectivity index (χ0) is 13.1. The lowest BCUT2D eigenvalue weighted by atomic mass is 9.93. The summed E-state index contributed by atoms with van der Waals surface area (Å²) in [7, 11) is 0. The number of allylic oxidation sites excluding steroid dienone is 2. The molecule has 1 aliphatic carbocycles. The Kier molecular flexibility index (Phi) is 4.19. The van der Waals surface area contributed by atoms with Crippen molar-refractivity contribution in [2.45, 2.75) is 6.42 Å².